The smallest absolute Gasteiger partial charge is 0.261 e. The van der Waals surface area contributed by atoms with E-state index in [2.05, 4.69) is 10.3 Å². The van der Waals surface area contributed by atoms with Crippen LogP contribution in [0.2, 0.25) is 0 Å². The van der Waals surface area contributed by atoms with Gasteiger partial charge in [-0.2, -0.15) is 0 Å². The van der Waals surface area contributed by atoms with Gasteiger partial charge in [-0.15, -0.1) is 0 Å². The third-order valence-electron chi connectivity index (χ3n) is 2.92. The molecular formula is C15H16FN3O. The van der Waals surface area contributed by atoms with Crippen LogP contribution in [-0.2, 0) is 0 Å². The molecule has 1 amide bonds. The van der Waals surface area contributed by atoms with Crippen LogP contribution in [0.4, 0.5) is 15.8 Å². The van der Waals surface area contributed by atoms with Crippen LogP contribution in [0.1, 0.15) is 17.3 Å². The van der Waals surface area contributed by atoms with Crippen molar-refractivity contribution in [1.29, 1.82) is 0 Å². The standard InChI is InChI=1S/C15H16FN3O/c1-3-18-14-7-8-17-10-13(14)15(20)19(2)12-6-4-5-11(16)9-12/h4-10H,3H2,1-2H3,(H,17,18). The zero-order valence-electron chi connectivity index (χ0n) is 11.4. The van der Waals surface area contributed by atoms with Gasteiger partial charge in [0.05, 0.1) is 11.3 Å². The summed E-state index contributed by atoms with van der Waals surface area (Å²) in [5, 5.41) is 3.11. The second-order valence-corrected chi connectivity index (χ2v) is 4.30. The Morgan fingerprint density at radius 2 is 2.20 bits per heavy atom. The van der Waals surface area contributed by atoms with Crippen LogP contribution < -0.4 is 10.2 Å². The fraction of sp³-hybridized carbons (Fsp3) is 0.200. The lowest BCUT2D eigenvalue weighted by Crippen LogP contribution is -2.27. The highest BCUT2D eigenvalue weighted by atomic mass is 19.1. The molecule has 0 bridgehead atoms. The van der Waals surface area contributed by atoms with Crippen LogP contribution in [0, 0.1) is 5.82 Å². The third-order valence-corrected chi connectivity index (χ3v) is 2.92. The van der Waals surface area contributed by atoms with Crippen molar-refractivity contribution < 1.29 is 9.18 Å². The summed E-state index contributed by atoms with van der Waals surface area (Å²) in [6, 6.07) is 7.67. The van der Waals surface area contributed by atoms with Crippen molar-refractivity contribution in [2.45, 2.75) is 6.92 Å². The van der Waals surface area contributed by atoms with Crippen molar-refractivity contribution in [2.75, 3.05) is 23.8 Å². The minimum atomic E-state index is -0.375. The van der Waals surface area contributed by atoms with E-state index in [-0.39, 0.29) is 11.7 Å². The molecule has 0 spiro atoms. The molecular weight excluding hydrogens is 257 g/mol. The summed E-state index contributed by atoms with van der Waals surface area (Å²) in [6.07, 6.45) is 3.13. The zero-order chi connectivity index (χ0) is 14.5. The van der Waals surface area contributed by atoms with E-state index in [0.29, 0.717) is 17.8 Å². The summed E-state index contributed by atoms with van der Waals surface area (Å²) >= 11 is 0. The number of halogens is 1. The number of rotatable bonds is 4. The maximum atomic E-state index is 13.2. The molecule has 0 unspecified atom stereocenters. The zero-order valence-corrected chi connectivity index (χ0v) is 11.4. The number of benzene rings is 1. The highest BCUT2D eigenvalue weighted by Gasteiger charge is 2.17. The Labute approximate surface area is 117 Å². The average Bonchev–Trinajstić information content (AvgIpc) is 2.47. The Balaban J connectivity index is 2.31. The summed E-state index contributed by atoms with van der Waals surface area (Å²) < 4.78 is 13.2. The molecule has 20 heavy (non-hydrogen) atoms. The molecule has 0 radical (unpaired) electrons. The van der Waals surface area contributed by atoms with Crippen molar-refractivity contribution in [3.63, 3.8) is 0 Å². The number of hydrogen-bond acceptors (Lipinski definition) is 3. The van der Waals surface area contributed by atoms with Gasteiger partial charge >= 0.3 is 0 Å². The number of carbonyl (C=O) groups is 1. The Hall–Kier alpha value is -2.43. The van der Waals surface area contributed by atoms with E-state index in [4.69, 9.17) is 0 Å². The van der Waals surface area contributed by atoms with E-state index in [0.717, 1.165) is 5.69 Å². The minimum absolute atomic E-state index is 0.236. The van der Waals surface area contributed by atoms with Crippen LogP contribution in [0.15, 0.2) is 42.7 Å². The first-order chi connectivity index (χ1) is 9.63. The normalized spacial score (nSPS) is 10.2. The predicted molar refractivity (Wildman–Crippen MR) is 77.5 cm³/mol. The molecule has 0 fully saturated rings. The summed E-state index contributed by atoms with van der Waals surface area (Å²) in [5.74, 6) is -0.611. The number of hydrogen-bond donors (Lipinski definition) is 1. The molecule has 0 aliphatic heterocycles. The van der Waals surface area contributed by atoms with Crippen molar-refractivity contribution in [3.8, 4) is 0 Å². The average molecular weight is 273 g/mol. The number of pyridine rings is 1. The molecule has 2 rings (SSSR count). The summed E-state index contributed by atoms with van der Waals surface area (Å²) in [4.78, 5) is 17.9. The number of nitrogens with one attached hydrogen (secondary N) is 1. The molecule has 104 valence electrons. The fourth-order valence-electron chi connectivity index (χ4n) is 1.89. The number of amides is 1. The van der Waals surface area contributed by atoms with Crippen LogP contribution in [-0.4, -0.2) is 24.5 Å². The van der Waals surface area contributed by atoms with Crippen LogP contribution in [0.25, 0.3) is 0 Å². The van der Waals surface area contributed by atoms with Gasteiger partial charge in [0, 0.05) is 31.7 Å². The highest BCUT2D eigenvalue weighted by molar-refractivity contribution is 6.09. The maximum absolute atomic E-state index is 13.2. The molecule has 1 heterocycles. The van der Waals surface area contributed by atoms with E-state index >= 15 is 0 Å². The van der Waals surface area contributed by atoms with Gasteiger partial charge in [0.2, 0.25) is 0 Å². The molecule has 0 aliphatic carbocycles. The molecule has 0 saturated carbocycles. The van der Waals surface area contributed by atoms with Gasteiger partial charge in [-0.05, 0) is 31.2 Å². The largest absolute Gasteiger partial charge is 0.385 e. The van der Waals surface area contributed by atoms with Gasteiger partial charge in [-0.25, -0.2) is 4.39 Å². The van der Waals surface area contributed by atoms with Crippen molar-refractivity contribution in [3.05, 3.63) is 54.1 Å². The Morgan fingerprint density at radius 3 is 2.90 bits per heavy atom. The lowest BCUT2D eigenvalue weighted by atomic mass is 10.2. The van der Waals surface area contributed by atoms with E-state index in [1.807, 2.05) is 6.92 Å². The molecule has 1 aromatic heterocycles. The second-order valence-electron chi connectivity index (χ2n) is 4.30. The first kappa shape index (κ1) is 14.0. The van der Waals surface area contributed by atoms with Gasteiger partial charge in [0.25, 0.3) is 5.91 Å². The topological polar surface area (TPSA) is 45.2 Å². The first-order valence-electron chi connectivity index (χ1n) is 6.35. The predicted octanol–water partition coefficient (Wildman–Crippen LogP) is 2.93. The summed E-state index contributed by atoms with van der Waals surface area (Å²) in [7, 11) is 1.61. The third kappa shape index (κ3) is 2.93. The summed E-state index contributed by atoms with van der Waals surface area (Å²) in [6.45, 7) is 2.65. The maximum Gasteiger partial charge on any atom is 0.261 e. The van der Waals surface area contributed by atoms with E-state index in [9.17, 15) is 9.18 Å². The van der Waals surface area contributed by atoms with Gasteiger partial charge in [-0.1, -0.05) is 6.07 Å². The Kier molecular flexibility index (Phi) is 4.30. The molecule has 0 saturated heterocycles. The molecule has 2 aromatic rings. The Bertz CT molecular complexity index is 616. The van der Waals surface area contributed by atoms with Crippen molar-refractivity contribution in [2.24, 2.45) is 0 Å². The van der Waals surface area contributed by atoms with E-state index in [1.165, 1.54) is 23.2 Å². The molecule has 1 N–H and O–H groups in total. The fourth-order valence-corrected chi connectivity index (χ4v) is 1.89. The Morgan fingerprint density at radius 1 is 1.40 bits per heavy atom. The minimum Gasteiger partial charge on any atom is -0.385 e. The molecule has 0 atom stereocenters. The van der Waals surface area contributed by atoms with Crippen LogP contribution in [0.5, 0.6) is 0 Å². The number of carbonyl (C=O) groups excluding carboxylic acids is 1. The second kappa shape index (κ2) is 6.14. The van der Waals surface area contributed by atoms with Gasteiger partial charge in [-0.3, -0.25) is 9.78 Å². The van der Waals surface area contributed by atoms with Crippen LogP contribution >= 0.6 is 0 Å². The number of anilines is 2. The lowest BCUT2D eigenvalue weighted by Gasteiger charge is -2.19. The molecule has 1 aromatic carbocycles. The monoisotopic (exact) mass is 273 g/mol. The van der Waals surface area contributed by atoms with Crippen LogP contribution in [0.3, 0.4) is 0 Å². The molecule has 0 aliphatic rings. The number of nitrogens with zero attached hydrogens (tertiary/aromatic N) is 2. The SMILES string of the molecule is CCNc1ccncc1C(=O)N(C)c1cccc(F)c1. The van der Waals surface area contributed by atoms with Gasteiger partial charge in [0.15, 0.2) is 0 Å². The summed E-state index contributed by atoms with van der Waals surface area (Å²) in [5.41, 5.74) is 1.68. The van der Waals surface area contributed by atoms with Gasteiger partial charge in [0.1, 0.15) is 5.82 Å². The molecule has 5 heteroatoms. The highest BCUT2D eigenvalue weighted by Crippen LogP contribution is 2.20. The lowest BCUT2D eigenvalue weighted by molar-refractivity contribution is 0.0993. The molecule has 4 nitrogen and oxygen atoms in total. The van der Waals surface area contributed by atoms with Gasteiger partial charge < -0.3 is 10.2 Å². The van der Waals surface area contributed by atoms with E-state index < -0.39 is 0 Å². The first-order valence-corrected chi connectivity index (χ1v) is 6.35. The van der Waals surface area contributed by atoms with E-state index in [1.54, 1.807) is 31.4 Å². The van der Waals surface area contributed by atoms with Crippen molar-refractivity contribution in [1.82, 2.24) is 4.98 Å². The van der Waals surface area contributed by atoms with Crippen molar-refractivity contribution >= 4 is 17.3 Å². The number of aromatic nitrogens is 1. The quantitative estimate of drug-likeness (QED) is 0.931.